The van der Waals surface area contributed by atoms with Crippen molar-refractivity contribution in [2.45, 2.75) is 26.1 Å². The molecule has 0 fully saturated rings. The number of hydrogen-bond donors (Lipinski definition) is 0. The normalized spacial score (nSPS) is 14.1. The topological polar surface area (TPSA) is 52.6 Å². The Morgan fingerprint density at radius 2 is 1.29 bits per heavy atom. The largest absolute Gasteiger partial charge is 0.297 e. The Labute approximate surface area is 83.1 Å². The third kappa shape index (κ3) is 4.11. The Kier molecular flexibility index (Phi) is 5.67. The van der Waals surface area contributed by atoms with Gasteiger partial charge in [-0.05, 0) is 13.8 Å². The lowest BCUT2D eigenvalue weighted by Gasteiger charge is -2.13. The van der Waals surface area contributed by atoms with Crippen LogP contribution in [0.3, 0.4) is 0 Å². The molecule has 0 spiro atoms. The third-order valence-electron chi connectivity index (χ3n) is 1.49. The quantitative estimate of drug-likeness (QED) is 0.350. The zero-order valence-corrected chi connectivity index (χ0v) is 8.36. The van der Waals surface area contributed by atoms with Gasteiger partial charge in [0.2, 0.25) is 0 Å². The van der Waals surface area contributed by atoms with E-state index >= 15 is 0 Å². The van der Waals surface area contributed by atoms with Crippen molar-refractivity contribution in [2.24, 2.45) is 0 Å². The molecule has 4 heteroatoms. The summed E-state index contributed by atoms with van der Waals surface area (Å²) in [7, 11) is 0. The van der Waals surface area contributed by atoms with Gasteiger partial charge in [0.1, 0.15) is 0 Å². The lowest BCUT2D eigenvalue weighted by molar-refractivity contribution is -0.317. The fourth-order valence-corrected chi connectivity index (χ4v) is 0.666. The Hall–Kier alpha value is -1.26. The zero-order chi connectivity index (χ0) is 11.1. The monoisotopic (exact) mass is 198 g/mol. The first kappa shape index (κ1) is 12.7. The first-order valence-electron chi connectivity index (χ1n) is 4.11. The summed E-state index contributed by atoms with van der Waals surface area (Å²) in [5, 5.41) is 0. The third-order valence-corrected chi connectivity index (χ3v) is 1.49. The summed E-state index contributed by atoms with van der Waals surface area (Å²) in [5.41, 5.74) is 0. The van der Waals surface area contributed by atoms with Gasteiger partial charge in [0.05, 0.1) is 0 Å². The van der Waals surface area contributed by atoms with Crippen LogP contribution in [0.1, 0.15) is 13.8 Å². The number of hydrogen-bond acceptors (Lipinski definition) is 4. The van der Waals surface area contributed by atoms with Gasteiger partial charge in [-0.2, -0.15) is 0 Å². The average molecular weight is 198 g/mol. The maximum Gasteiger partial charge on any atom is 0.169 e. The summed E-state index contributed by atoms with van der Waals surface area (Å²) >= 11 is 0. The molecular formula is C10H14O4. The molecular weight excluding hydrogens is 184 g/mol. The van der Waals surface area contributed by atoms with Crippen LogP contribution in [-0.4, -0.2) is 23.8 Å². The van der Waals surface area contributed by atoms with Crippen LogP contribution in [0, 0.1) is 0 Å². The molecule has 0 aromatic carbocycles. The summed E-state index contributed by atoms with van der Waals surface area (Å²) < 4.78 is 0. The molecule has 0 N–H and O–H groups in total. The van der Waals surface area contributed by atoms with Crippen molar-refractivity contribution in [1.29, 1.82) is 0 Å². The van der Waals surface area contributed by atoms with Crippen molar-refractivity contribution in [3.63, 3.8) is 0 Å². The van der Waals surface area contributed by atoms with Crippen LogP contribution < -0.4 is 0 Å². The highest BCUT2D eigenvalue weighted by molar-refractivity contribution is 5.83. The molecule has 0 aliphatic rings. The molecule has 0 radical (unpaired) electrons. The highest BCUT2D eigenvalue weighted by Gasteiger charge is 2.16. The van der Waals surface area contributed by atoms with Gasteiger partial charge in [0, 0.05) is 0 Å². The molecule has 0 heterocycles. The van der Waals surface area contributed by atoms with Crippen molar-refractivity contribution in [1.82, 2.24) is 0 Å². The van der Waals surface area contributed by atoms with E-state index in [1.807, 2.05) is 0 Å². The highest BCUT2D eigenvalue weighted by atomic mass is 17.2. The minimum atomic E-state index is -0.850. The Balaban J connectivity index is 4.13. The van der Waals surface area contributed by atoms with Crippen molar-refractivity contribution in [2.75, 3.05) is 0 Å². The van der Waals surface area contributed by atoms with Crippen LogP contribution in [0.25, 0.3) is 0 Å². The molecule has 0 saturated carbocycles. The summed E-state index contributed by atoms with van der Waals surface area (Å²) in [4.78, 5) is 31.1. The fraction of sp³-hybridized carbons (Fsp3) is 0.400. The minimum absolute atomic E-state index is 0.244. The minimum Gasteiger partial charge on any atom is -0.297 e. The van der Waals surface area contributed by atoms with E-state index in [0.717, 1.165) is 0 Å². The highest BCUT2D eigenvalue weighted by Crippen LogP contribution is 2.02. The van der Waals surface area contributed by atoms with Gasteiger partial charge in [0.25, 0.3) is 0 Å². The van der Waals surface area contributed by atoms with Gasteiger partial charge in [-0.25, -0.2) is 9.78 Å². The van der Waals surface area contributed by atoms with E-state index in [-0.39, 0.29) is 11.6 Å². The van der Waals surface area contributed by atoms with Crippen LogP contribution in [0.5, 0.6) is 0 Å². The molecule has 0 bridgehead atoms. The number of ketones is 2. The van der Waals surface area contributed by atoms with E-state index in [4.69, 9.17) is 9.78 Å². The fourth-order valence-electron chi connectivity index (χ4n) is 0.666. The SMILES string of the molecule is C=CC(OOC(C=C)C(C)=O)C(C)=O. The Morgan fingerprint density at radius 3 is 1.43 bits per heavy atom. The van der Waals surface area contributed by atoms with Crippen LogP contribution >= 0.6 is 0 Å². The van der Waals surface area contributed by atoms with E-state index in [9.17, 15) is 9.59 Å². The summed E-state index contributed by atoms with van der Waals surface area (Å²) in [6.07, 6.45) is 0.888. The van der Waals surface area contributed by atoms with Crippen LogP contribution in [-0.2, 0) is 19.4 Å². The maximum absolute atomic E-state index is 10.9. The molecule has 0 amide bonds. The first-order valence-corrected chi connectivity index (χ1v) is 4.11. The predicted octanol–water partition coefficient (Wildman–Crippen LogP) is 1.22. The van der Waals surface area contributed by atoms with Crippen molar-refractivity contribution in [3.8, 4) is 0 Å². The smallest absolute Gasteiger partial charge is 0.169 e. The molecule has 0 rings (SSSR count). The van der Waals surface area contributed by atoms with Crippen molar-refractivity contribution >= 4 is 11.6 Å². The van der Waals surface area contributed by atoms with Gasteiger partial charge in [0.15, 0.2) is 23.8 Å². The van der Waals surface area contributed by atoms with E-state index in [2.05, 4.69) is 13.2 Å². The molecule has 0 aromatic rings. The molecule has 78 valence electrons. The second-order valence-electron chi connectivity index (χ2n) is 2.73. The van der Waals surface area contributed by atoms with E-state index in [0.29, 0.717) is 0 Å². The van der Waals surface area contributed by atoms with Gasteiger partial charge in [-0.3, -0.25) is 9.59 Å². The van der Waals surface area contributed by atoms with E-state index in [1.54, 1.807) is 0 Å². The van der Waals surface area contributed by atoms with Crippen LogP contribution in [0.2, 0.25) is 0 Å². The van der Waals surface area contributed by atoms with Crippen LogP contribution in [0.15, 0.2) is 25.3 Å². The second-order valence-corrected chi connectivity index (χ2v) is 2.73. The van der Waals surface area contributed by atoms with E-state index in [1.165, 1.54) is 26.0 Å². The maximum atomic E-state index is 10.9. The molecule has 0 aromatic heterocycles. The van der Waals surface area contributed by atoms with Crippen molar-refractivity contribution in [3.05, 3.63) is 25.3 Å². The first-order chi connectivity index (χ1) is 6.52. The second kappa shape index (κ2) is 6.23. The van der Waals surface area contributed by atoms with E-state index < -0.39 is 12.2 Å². The van der Waals surface area contributed by atoms with Crippen LogP contribution in [0.4, 0.5) is 0 Å². The average Bonchev–Trinajstić information content (AvgIpc) is 2.11. The van der Waals surface area contributed by atoms with Gasteiger partial charge < -0.3 is 0 Å². The number of carbonyl (C=O) groups excluding carboxylic acids is 2. The van der Waals surface area contributed by atoms with Gasteiger partial charge in [-0.1, -0.05) is 25.3 Å². The van der Waals surface area contributed by atoms with Crippen molar-refractivity contribution < 1.29 is 19.4 Å². The molecule has 2 atom stereocenters. The zero-order valence-electron chi connectivity index (χ0n) is 8.36. The molecule has 0 aliphatic carbocycles. The Bertz CT molecular complexity index is 219. The van der Waals surface area contributed by atoms with Gasteiger partial charge in [-0.15, -0.1) is 0 Å². The number of rotatable bonds is 7. The standard InChI is InChI=1S/C10H14O4/c1-5-9(7(3)11)13-14-10(6-2)8(4)12/h5-6,9-10H,1-2H2,3-4H3. The molecule has 2 unspecified atom stereocenters. The molecule has 4 nitrogen and oxygen atoms in total. The lowest BCUT2D eigenvalue weighted by Crippen LogP contribution is -2.26. The molecule has 0 saturated heterocycles. The number of Topliss-reactive ketones (excluding diaryl/α,β-unsaturated/α-hetero) is 2. The molecule has 0 aliphatic heterocycles. The summed E-state index contributed by atoms with van der Waals surface area (Å²) in [6, 6.07) is 0. The lowest BCUT2D eigenvalue weighted by atomic mass is 10.2. The van der Waals surface area contributed by atoms with Gasteiger partial charge >= 0.3 is 0 Å². The summed E-state index contributed by atoms with van der Waals surface area (Å²) in [6.45, 7) is 9.47. The summed E-state index contributed by atoms with van der Waals surface area (Å²) in [5.74, 6) is -0.488. The number of carbonyl (C=O) groups is 2. The Morgan fingerprint density at radius 1 is 1.00 bits per heavy atom. The predicted molar refractivity (Wildman–Crippen MR) is 51.5 cm³/mol. The molecule has 14 heavy (non-hydrogen) atoms.